The second-order valence-electron chi connectivity index (χ2n) is 8.77. The maximum atomic E-state index is 12.3. The van der Waals surface area contributed by atoms with Gasteiger partial charge in [0.15, 0.2) is 17.5 Å². The Bertz CT molecular complexity index is 759. The average Bonchev–Trinajstić information content (AvgIpc) is 3.44. The average molecular weight is 431 g/mol. The van der Waals surface area contributed by atoms with Crippen LogP contribution in [0.4, 0.5) is 0 Å². The number of aliphatic imine (C=N–C) groups is 1. The second kappa shape index (κ2) is 11.3. The number of methoxy groups -OCH3 is 1. The Hall–Kier alpha value is -2.44. The van der Waals surface area contributed by atoms with Crippen molar-refractivity contribution in [2.45, 2.75) is 71.6 Å². The monoisotopic (exact) mass is 430 g/mol. The Balaban J connectivity index is 1.62. The quantitative estimate of drug-likeness (QED) is 0.489. The van der Waals surface area contributed by atoms with Crippen LogP contribution in [-0.4, -0.2) is 55.7 Å². The van der Waals surface area contributed by atoms with E-state index in [2.05, 4.69) is 17.6 Å². The minimum absolute atomic E-state index is 0.0383. The number of benzene rings is 1. The van der Waals surface area contributed by atoms with Gasteiger partial charge in [-0.05, 0) is 56.7 Å². The Kier molecular flexibility index (Phi) is 8.43. The summed E-state index contributed by atoms with van der Waals surface area (Å²) < 4.78 is 11.7. The number of carbonyl (C=O) groups excluding carboxylic acids is 1. The molecule has 2 N–H and O–H groups in total. The zero-order valence-electron chi connectivity index (χ0n) is 19.4. The second-order valence-corrected chi connectivity index (χ2v) is 8.77. The molecule has 0 bridgehead atoms. The first-order valence-electron chi connectivity index (χ1n) is 11.7. The zero-order valence-corrected chi connectivity index (χ0v) is 19.4. The van der Waals surface area contributed by atoms with E-state index in [1.165, 1.54) is 12.8 Å². The van der Waals surface area contributed by atoms with Gasteiger partial charge in [0, 0.05) is 31.6 Å². The molecule has 1 aromatic rings. The zero-order chi connectivity index (χ0) is 22.2. The van der Waals surface area contributed by atoms with Gasteiger partial charge in [-0.2, -0.15) is 0 Å². The van der Waals surface area contributed by atoms with Crippen LogP contribution in [0.2, 0.25) is 0 Å². The van der Waals surface area contributed by atoms with Crippen molar-refractivity contribution in [2.75, 3.05) is 26.7 Å². The van der Waals surface area contributed by atoms with Crippen LogP contribution < -0.4 is 20.1 Å². The summed E-state index contributed by atoms with van der Waals surface area (Å²) in [5, 5.41) is 6.82. The molecule has 1 saturated carbocycles. The van der Waals surface area contributed by atoms with Gasteiger partial charge in [0.25, 0.3) is 0 Å². The summed E-state index contributed by atoms with van der Waals surface area (Å²) in [4.78, 5) is 19.0. The molecule has 7 heteroatoms. The number of nitrogens with one attached hydrogen (secondary N) is 2. The first-order chi connectivity index (χ1) is 15.0. The molecular weight excluding hydrogens is 392 g/mol. The lowest BCUT2D eigenvalue weighted by atomic mass is 10.2. The molecule has 1 aliphatic heterocycles. The predicted molar refractivity (Wildman–Crippen MR) is 124 cm³/mol. The highest BCUT2D eigenvalue weighted by Crippen LogP contribution is 2.32. The molecule has 1 amide bonds. The van der Waals surface area contributed by atoms with E-state index in [0.717, 1.165) is 61.9 Å². The highest BCUT2D eigenvalue weighted by Gasteiger charge is 2.28. The molecule has 0 spiro atoms. The summed E-state index contributed by atoms with van der Waals surface area (Å²) in [6, 6.07) is 6.26. The molecule has 0 radical (unpaired) electrons. The molecule has 1 saturated heterocycles. The van der Waals surface area contributed by atoms with Crippen molar-refractivity contribution >= 4 is 11.9 Å². The number of nitrogens with zero attached hydrogens (tertiary/aromatic N) is 2. The summed E-state index contributed by atoms with van der Waals surface area (Å²) in [5.74, 6) is 2.61. The van der Waals surface area contributed by atoms with E-state index in [4.69, 9.17) is 14.5 Å². The SMILES string of the molecule is CCNC(=NCc1ccc(OC)c(OC2CCCC2)c1)NC1CCN(C(=O)C(C)C)C1. The van der Waals surface area contributed by atoms with Crippen LogP contribution in [0, 0.1) is 5.92 Å². The molecule has 1 aliphatic carbocycles. The van der Waals surface area contributed by atoms with Crippen LogP contribution in [0.1, 0.15) is 58.4 Å². The normalized spacial score (nSPS) is 19.7. The van der Waals surface area contributed by atoms with Crippen LogP contribution in [-0.2, 0) is 11.3 Å². The molecule has 0 aromatic heterocycles. The van der Waals surface area contributed by atoms with Crippen molar-refractivity contribution in [1.82, 2.24) is 15.5 Å². The van der Waals surface area contributed by atoms with E-state index in [1.807, 2.05) is 36.9 Å². The van der Waals surface area contributed by atoms with Crippen LogP contribution >= 0.6 is 0 Å². The molecule has 31 heavy (non-hydrogen) atoms. The first-order valence-corrected chi connectivity index (χ1v) is 11.7. The van der Waals surface area contributed by atoms with E-state index < -0.39 is 0 Å². The van der Waals surface area contributed by atoms with Gasteiger partial charge >= 0.3 is 0 Å². The van der Waals surface area contributed by atoms with Crippen LogP contribution in [0.3, 0.4) is 0 Å². The number of guanidine groups is 1. The van der Waals surface area contributed by atoms with Gasteiger partial charge in [0.05, 0.1) is 19.8 Å². The Morgan fingerprint density at radius 1 is 1.23 bits per heavy atom. The third kappa shape index (κ3) is 6.52. The van der Waals surface area contributed by atoms with Gasteiger partial charge in [0.1, 0.15) is 0 Å². The van der Waals surface area contributed by atoms with Gasteiger partial charge in [-0.3, -0.25) is 4.79 Å². The molecule has 1 aromatic carbocycles. The predicted octanol–water partition coefficient (Wildman–Crippen LogP) is 3.33. The number of hydrogen-bond acceptors (Lipinski definition) is 4. The highest BCUT2D eigenvalue weighted by atomic mass is 16.5. The van der Waals surface area contributed by atoms with Gasteiger partial charge in [-0.15, -0.1) is 0 Å². The Morgan fingerprint density at radius 2 is 2.00 bits per heavy atom. The molecule has 1 unspecified atom stereocenters. The first kappa shape index (κ1) is 23.2. The van der Waals surface area contributed by atoms with Crippen molar-refractivity contribution in [3.63, 3.8) is 0 Å². The fourth-order valence-electron chi connectivity index (χ4n) is 4.22. The minimum Gasteiger partial charge on any atom is -0.493 e. The van der Waals surface area contributed by atoms with Crippen molar-refractivity contribution in [3.8, 4) is 11.5 Å². The van der Waals surface area contributed by atoms with Crippen molar-refractivity contribution < 1.29 is 14.3 Å². The van der Waals surface area contributed by atoms with Crippen molar-refractivity contribution in [2.24, 2.45) is 10.9 Å². The van der Waals surface area contributed by atoms with Gasteiger partial charge in [0.2, 0.25) is 5.91 Å². The molecular formula is C24H38N4O3. The summed E-state index contributed by atoms with van der Waals surface area (Å²) in [5.41, 5.74) is 1.08. The maximum Gasteiger partial charge on any atom is 0.225 e. The third-order valence-corrected chi connectivity index (χ3v) is 5.92. The lowest BCUT2D eigenvalue weighted by Crippen LogP contribution is -2.45. The molecule has 2 fully saturated rings. The Morgan fingerprint density at radius 3 is 2.68 bits per heavy atom. The van der Waals surface area contributed by atoms with Crippen LogP contribution in [0.15, 0.2) is 23.2 Å². The van der Waals surface area contributed by atoms with E-state index in [0.29, 0.717) is 6.54 Å². The smallest absolute Gasteiger partial charge is 0.225 e. The summed E-state index contributed by atoms with van der Waals surface area (Å²) in [7, 11) is 1.68. The number of ether oxygens (including phenoxy) is 2. The third-order valence-electron chi connectivity index (χ3n) is 5.92. The largest absolute Gasteiger partial charge is 0.493 e. The number of amides is 1. The van der Waals surface area contributed by atoms with Gasteiger partial charge in [-0.25, -0.2) is 4.99 Å². The molecule has 172 valence electrons. The summed E-state index contributed by atoms with van der Waals surface area (Å²) >= 11 is 0. The van der Waals surface area contributed by atoms with E-state index >= 15 is 0 Å². The van der Waals surface area contributed by atoms with E-state index in [9.17, 15) is 4.79 Å². The fourth-order valence-corrected chi connectivity index (χ4v) is 4.22. The van der Waals surface area contributed by atoms with Crippen LogP contribution in [0.5, 0.6) is 11.5 Å². The number of carbonyl (C=O) groups is 1. The topological polar surface area (TPSA) is 75.2 Å². The molecule has 7 nitrogen and oxygen atoms in total. The van der Waals surface area contributed by atoms with Crippen molar-refractivity contribution in [1.29, 1.82) is 0 Å². The maximum absolute atomic E-state index is 12.3. The van der Waals surface area contributed by atoms with Crippen molar-refractivity contribution in [3.05, 3.63) is 23.8 Å². The highest BCUT2D eigenvalue weighted by molar-refractivity contribution is 5.81. The number of hydrogen-bond donors (Lipinski definition) is 2. The summed E-state index contributed by atoms with van der Waals surface area (Å²) in [6.07, 6.45) is 5.90. The molecule has 1 heterocycles. The van der Waals surface area contributed by atoms with Gasteiger partial charge < -0.3 is 25.0 Å². The van der Waals surface area contributed by atoms with Gasteiger partial charge in [-0.1, -0.05) is 19.9 Å². The molecule has 1 atom stereocenters. The van der Waals surface area contributed by atoms with E-state index in [1.54, 1.807) is 7.11 Å². The van der Waals surface area contributed by atoms with E-state index in [-0.39, 0.29) is 24.0 Å². The standard InChI is InChI=1S/C24H38N4O3/c1-5-25-24(27-19-12-13-28(16-19)23(29)17(2)3)26-15-18-10-11-21(30-4)22(14-18)31-20-8-6-7-9-20/h10-11,14,17,19-20H,5-9,12-13,15-16H2,1-4H3,(H2,25,26,27). The lowest BCUT2D eigenvalue weighted by Gasteiger charge is -2.20. The lowest BCUT2D eigenvalue weighted by molar-refractivity contribution is -0.133. The number of rotatable bonds is 8. The summed E-state index contributed by atoms with van der Waals surface area (Å²) in [6.45, 7) is 8.81. The van der Waals surface area contributed by atoms with Crippen LogP contribution in [0.25, 0.3) is 0 Å². The molecule has 2 aliphatic rings. The minimum atomic E-state index is 0.0383. The molecule has 3 rings (SSSR count). The number of likely N-dealkylation sites (tertiary alicyclic amines) is 1. The fraction of sp³-hybridized carbons (Fsp3) is 0.667. The Labute approximate surface area is 186 Å².